The van der Waals surface area contributed by atoms with Gasteiger partial charge in [0.25, 0.3) is 5.91 Å². The van der Waals surface area contributed by atoms with Gasteiger partial charge in [-0.2, -0.15) is 13.2 Å². The maximum atomic E-state index is 14.7. The molecular weight excluding hydrogens is 480 g/mol. The third-order valence-electron chi connectivity index (χ3n) is 5.31. The van der Waals surface area contributed by atoms with Crippen molar-refractivity contribution >= 4 is 17.4 Å². The van der Waals surface area contributed by atoms with Gasteiger partial charge in [-0.05, 0) is 37.3 Å². The van der Waals surface area contributed by atoms with E-state index in [4.69, 9.17) is 4.42 Å². The summed E-state index contributed by atoms with van der Waals surface area (Å²) >= 11 is 0. The fourth-order valence-corrected chi connectivity index (χ4v) is 3.73. The lowest BCUT2D eigenvalue weighted by Crippen LogP contribution is -2.12. The average Bonchev–Trinajstić information content (AvgIpc) is 3.41. The highest BCUT2D eigenvalue weighted by Gasteiger charge is 2.34. The van der Waals surface area contributed by atoms with Gasteiger partial charge in [0.1, 0.15) is 5.82 Å². The molecule has 0 spiro atoms. The molecule has 36 heavy (non-hydrogen) atoms. The first-order valence-corrected chi connectivity index (χ1v) is 10.5. The van der Waals surface area contributed by atoms with Crippen LogP contribution in [-0.4, -0.2) is 30.2 Å². The van der Waals surface area contributed by atoms with Crippen LogP contribution >= 0.6 is 0 Å². The Balaban J connectivity index is 1.49. The molecule has 0 aliphatic heterocycles. The van der Waals surface area contributed by atoms with Crippen LogP contribution in [0.2, 0.25) is 0 Å². The maximum Gasteiger partial charge on any atom is 0.418 e. The van der Waals surface area contributed by atoms with Gasteiger partial charge >= 0.3 is 6.18 Å². The first kappa shape index (κ1) is 23.1. The Morgan fingerprint density at radius 1 is 1.08 bits per heavy atom. The second-order valence-electron chi connectivity index (χ2n) is 7.87. The predicted octanol–water partition coefficient (Wildman–Crippen LogP) is 5.47. The second-order valence-corrected chi connectivity index (χ2v) is 7.87. The minimum absolute atomic E-state index is 0.0376. The maximum absolute atomic E-state index is 14.7. The fourth-order valence-electron chi connectivity index (χ4n) is 3.73. The molecule has 5 aromatic rings. The van der Waals surface area contributed by atoms with Crippen molar-refractivity contribution in [2.75, 3.05) is 5.32 Å². The Labute approximate surface area is 200 Å². The van der Waals surface area contributed by atoms with E-state index >= 15 is 0 Å². The van der Waals surface area contributed by atoms with Gasteiger partial charge in [0.05, 0.1) is 22.6 Å². The van der Waals surface area contributed by atoms with E-state index in [0.29, 0.717) is 11.6 Å². The Kier molecular flexibility index (Phi) is 5.50. The summed E-state index contributed by atoms with van der Waals surface area (Å²) in [5, 5.41) is 2.63. The van der Waals surface area contributed by atoms with Gasteiger partial charge in [0.2, 0.25) is 11.5 Å². The lowest BCUT2D eigenvalue weighted by atomic mass is 10.1. The highest BCUT2D eigenvalue weighted by molar-refractivity contribution is 6.03. The molecule has 0 aliphatic carbocycles. The molecular formula is C24H16F4N6O2. The summed E-state index contributed by atoms with van der Waals surface area (Å²) < 4.78 is 61.6. The van der Waals surface area contributed by atoms with E-state index in [1.807, 2.05) is 0 Å². The molecule has 0 unspecified atom stereocenters. The lowest BCUT2D eigenvalue weighted by Gasteiger charge is -2.11. The van der Waals surface area contributed by atoms with Crippen molar-refractivity contribution in [2.24, 2.45) is 0 Å². The quantitative estimate of drug-likeness (QED) is 0.331. The standard InChI is InChI=1S/C24H16F4N6O2/c1-12-21(36-13(2)31-12)22(35)32-15-5-6-18(25)16(8-15)19-11-34-10-14(9-30-23(34)33-19)20-17(24(26,27)28)4-3-7-29-20/h3-11H,1-2H3,(H,32,35). The first-order valence-electron chi connectivity index (χ1n) is 10.5. The van der Waals surface area contributed by atoms with Crippen LogP contribution in [-0.2, 0) is 6.18 Å². The molecule has 0 bridgehead atoms. The Morgan fingerprint density at radius 2 is 1.89 bits per heavy atom. The summed E-state index contributed by atoms with van der Waals surface area (Å²) in [7, 11) is 0. The molecule has 182 valence electrons. The topological polar surface area (TPSA) is 98.2 Å². The zero-order valence-electron chi connectivity index (χ0n) is 18.8. The molecule has 1 aromatic carbocycles. The van der Waals surface area contributed by atoms with E-state index < -0.39 is 23.5 Å². The summed E-state index contributed by atoms with van der Waals surface area (Å²) in [6.45, 7) is 3.24. The van der Waals surface area contributed by atoms with Gasteiger partial charge in [0, 0.05) is 48.5 Å². The molecule has 0 saturated heterocycles. The van der Waals surface area contributed by atoms with Crippen molar-refractivity contribution in [1.82, 2.24) is 24.3 Å². The number of aromatic nitrogens is 5. The number of amides is 1. The third kappa shape index (κ3) is 4.28. The van der Waals surface area contributed by atoms with Crippen molar-refractivity contribution < 1.29 is 26.8 Å². The smallest absolute Gasteiger partial charge is 0.418 e. The van der Waals surface area contributed by atoms with Crippen LogP contribution in [0, 0.1) is 19.7 Å². The van der Waals surface area contributed by atoms with Gasteiger partial charge in [-0.3, -0.25) is 14.2 Å². The number of fused-ring (bicyclic) bond motifs is 1. The Morgan fingerprint density at radius 3 is 2.61 bits per heavy atom. The van der Waals surface area contributed by atoms with Crippen molar-refractivity contribution in [3.63, 3.8) is 0 Å². The molecule has 12 heteroatoms. The number of nitrogens with zero attached hydrogens (tertiary/aromatic N) is 5. The molecule has 0 saturated carbocycles. The summed E-state index contributed by atoms with van der Waals surface area (Å²) in [5.74, 6) is -0.660. The van der Waals surface area contributed by atoms with E-state index in [1.165, 1.54) is 47.4 Å². The Hall–Kier alpha value is -4.61. The molecule has 4 aromatic heterocycles. The fraction of sp³-hybridized carbons (Fsp3) is 0.125. The minimum Gasteiger partial charge on any atom is -0.436 e. The lowest BCUT2D eigenvalue weighted by molar-refractivity contribution is -0.137. The summed E-state index contributed by atoms with van der Waals surface area (Å²) in [6, 6.07) is 6.06. The molecule has 1 amide bonds. The highest BCUT2D eigenvalue weighted by atomic mass is 19.4. The van der Waals surface area contributed by atoms with Gasteiger partial charge in [-0.25, -0.2) is 19.3 Å². The minimum atomic E-state index is -4.60. The number of rotatable bonds is 4. The predicted molar refractivity (Wildman–Crippen MR) is 121 cm³/mol. The Bertz CT molecular complexity index is 1620. The second kappa shape index (κ2) is 8.56. The summed E-state index contributed by atoms with van der Waals surface area (Å²) in [4.78, 5) is 28.8. The van der Waals surface area contributed by atoms with E-state index in [9.17, 15) is 22.4 Å². The molecule has 0 fully saturated rings. The van der Waals surface area contributed by atoms with Crippen molar-refractivity contribution in [3.8, 4) is 22.5 Å². The number of hydrogen-bond donors (Lipinski definition) is 1. The van der Waals surface area contributed by atoms with Crippen LogP contribution in [0.25, 0.3) is 28.3 Å². The van der Waals surface area contributed by atoms with Crippen LogP contribution in [0.1, 0.15) is 27.7 Å². The van der Waals surface area contributed by atoms with E-state index in [1.54, 1.807) is 13.8 Å². The molecule has 8 nitrogen and oxygen atoms in total. The number of halogens is 4. The SMILES string of the molecule is Cc1nc(C)c(C(=O)Nc2ccc(F)c(-c3cn4cc(-c5ncccc5C(F)(F)F)cnc4n3)c2)o1. The number of pyridine rings is 1. The highest BCUT2D eigenvalue weighted by Crippen LogP contribution is 2.35. The zero-order chi connectivity index (χ0) is 25.6. The van der Waals surface area contributed by atoms with E-state index in [-0.39, 0.29) is 39.7 Å². The monoisotopic (exact) mass is 496 g/mol. The number of anilines is 1. The van der Waals surface area contributed by atoms with Gasteiger partial charge in [0.15, 0.2) is 5.89 Å². The number of imidazole rings is 1. The van der Waals surface area contributed by atoms with E-state index in [0.717, 1.165) is 12.1 Å². The normalized spacial score (nSPS) is 11.7. The number of benzene rings is 1. The first-order chi connectivity index (χ1) is 17.1. The molecule has 1 N–H and O–H groups in total. The number of aryl methyl sites for hydroxylation is 2. The summed E-state index contributed by atoms with van der Waals surface area (Å²) in [5.41, 5.74) is -0.175. The number of carbonyl (C=O) groups excluding carboxylic acids is 1. The molecule has 5 rings (SSSR count). The van der Waals surface area contributed by atoms with Crippen LogP contribution in [0.4, 0.5) is 23.2 Å². The number of nitrogens with one attached hydrogen (secondary N) is 1. The van der Waals surface area contributed by atoms with Gasteiger partial charge in [-0.1, -0.05) is 0 Å². The number of alkyl halides is 3. The number of hydrogen-bond acceptors (Lipinski definition) is 6. The van der Waals surface area contributed by atoms with E-state index in [2.05, 4.69) is 25.3 Å². The summed E-state index contributed by atoms with van der Waals surface area (Å²) in [6.07, 6.45) is 0.684. The zero-order valence-corrected chi connectivity index (χ0v) is 18.8. The molecule has 0 atom stereocenters. The van der Waals surface area contributed by atoms with Crippen molar-refractivity contribution in [1.29, 1.82) is 0 Å². The average molecular weight is 496 g/mol. The number of carbonyl (C=O) groups is 1. The number of oxazole rings is 1. The third-order valence-corrected chi connectivity index (χ3v) is 5.31. The van der Waals surface area contributed by atoms with Crippen LogP contribution in [0.3, 0.4) is 0 Å². The van der Waals surface area contributed by atoms with Crippen molar-refractivity contribution in [3.05, 3.63) is 83.8 Å². The largest absolute Gasteiger partial charge is 0.436 e. The molecule has 0 aliphatic rings. The van der Waals surface area contributed by atoms with Gasteiger partial charge < -0.3 is 9.73 Å². The van der Waals surface area contributed by atoms with Crippen LogP contribution in [0.5, 0.6) is 0 Å². The van der Waals surface area contributed by atoms with Crippen molar-refractivity contribution in [2.45, 2.75) is 20.0 Å². The van der Waals surface area contributed by atoms with Crippen LogP contribution in [0.15, 0.2) is 59.5 Å². The van der Waals surface area contributed by atoms with Crippen LogP contribution < -0.4 is 5.32 Å². The van der Waals surface area contributed by atoms with Gasteiger partial charge in [-0.15, -0.1) is 0 Å². The molecule has 4 heterocycles. The molecule has 0 radical (unpaired) electrons.